The number of thioether (sulfide) groups is 1. The second-order valence-corrected chi connectivity index (χ2v) is 6.88. The number of benzene rings is 1. The first-order valence-electron chi connectivity index (χ1n) is 7.58. The number of hydrogen-bond donors (Lipinski definition) is 1. The lowest BCUT2D eigenvalue weighted by atomic mass is 10.2. The van der Waals surface area contributed by atoms with Gasteiger partial charge in [0.05, 0.1) is 6.54 Å². The van der Waals surface area contributed by atoms with E-state index in [1.165, 1.54) is 0 Å². The van der Waals surface area contributed by atoms with Crippen LogP contribution in [0.1, 0.15) is 25.7 Å². The SMILES string of the molecule is O=C(CN1CCCCCC1=O)NCCSc1ccc(Cl)cc1. The van der Waals surface area contributed by atoms with Crippen LogP contribution < -0.4 is 5.32 Å². The van der Waals surface area contributed by atoms with Gasteiger partial charge in [-0.2, -0.15) is 0 Å². The van der Waals surface area contributed by atoms with Crippen molar-refractivity contribution in [3.05, 3.63) is 29.3 Å². The summed E-state index contributed by atoms with van der Waals surface area (Å²) >= 11 is 7.50. The van der Waals surface area contributed by atoms with E-state index in [0.29, 0.717) is 19.5 Å². The van der Waals surface area contributed by atoms with Crippen LogP contribution in [0.5, 0.6) is 0 Å². The van der Waals surface area contributed by atoms with Gasteiger partial charge in [-0.3, -0.25) is 9.59 Å². The molecule has 6 heteroatoms. The number of carbonyl (C=O) groups excluding carboxylic acids is 2. The van der Waals surface area contributed by atoms with Gasteiger partial charge in [-0.05, 0) is 37.1 Å². The van der Waals surface area contributed by atoms with E-state index in [0.717, 1.165) is 34.9 Å². The summed E-state index contributed by atoms with van der Waals surface area (Å²) in [6.45, 7) is 1.48. The van der Waals surface area contributed by atoms with Crippen LogP contribution >= 0.6 is 23.4 Å². The lowest BCUT2D eigenvalue weighted by Gasteiger charge is -2.19. The fourth-order valence-electron chi connectivity index (χ4n) is 2.33. The largest absolute Gasteiger partial charge is 0.354 e. The molecule has 0 aromatic heterocycles. The Morgan fingerprint density at radius 3 is 2.77 bits per heavy atom. The van der Waals surface area contributed by atoms with E-state index in [9.17, 15) is 9.59 Å². The van der Waals surface area contributed by atoms with E-state index >= 15 is 0 Å². The van der Waals surface area contributed by atoms with Crippen LogP contribution in [0.15, 0.2) is 29.2 Å². The van der Waals surface area contributed by atoms with Crippen molar-refractivity contribution in [2.45, 2.75) is 30.6 Å². The Labute approximate surface area is 140 Å². The molecule has 1 heterocycles. The first-order chi connectivity index (χ1) is 10.6. The first-order valence-corrected chi connectivity index (χ1v) is 8.94. The molecule has 1 aliphatic rings. The van der Waals surface area contributed by atoms with E-state index in [1.807, 2.05) is 24.3 Å². The quantitative estimate of drug-likeness (QED) is 0.640. The van der Waals surface area contributed by atoms with Crippen molar-refractivity contribution in [3.8, 4) is 0 Å². The first kappa shape index (κ1) is 17.2. The molecule has 120 valence electrons. The van der Waals surface area contributed by atoms with Crippen molar-refractivity contribution in [2.24, 2.45) is 0 Å². The third-order valence-corrected chi connectivity index (χ3v) is 4.78. The van der Waals surface area contributed by atoms with Crippen LogP contribution in [0.2, 0.25) is 5.02 Å². The normalized spacial score (nSPS) is 15.5. The minimum Gasteiger partial charge on any atom is -0.354 e. The number of nitrogens with zero attached hydrogens (tertiary/aromatic N) is 1. The molecule has 0 spiro atoms. The highest BCUT2D eigenvalue weighted by Crippen LogP contribution is 2.19. The molecule has 2 amide bonds. The third kappa shape index (κ3) is 5.89. The van der Waals surface area contributed by atoms with E-state index in [-0.39, 0.29) is 18.4 Å². The van der Waals surface area contributed by atoms with Gasteiger partial charge in [0.1, 0.15) is 0 Å². The van der Waals surface area contributed by atoms with Gasteiger partial charge in [0.15, 0.2) is 0 Å². The highest BCUT2D eigenvalue weighted by Gasteiger charge is 2.18. The second-order valence-electron chi connectivity index (χ2n) is 5.28. The third-order valence-electron chi connectivity index (χ3n) is 3.51. The van der Waals surface area contributed by atoms with Crippen molar-refractivity contribution in [3.63, 3.8) is 0 Å². The fraction of sp³-hybridized carbons (Fsp3) is 0.500. The minimum absolute atomic E-state index is 0.0769. The van der Waals surface area contributed by atoms with Gasteiger partial charge in [-0.15, -0.1) is 11.8 Å². The fourth-order valence-corrected chi connectivity index (χ4v) is 3.22. The zero-order chi connectivity index (χ0) is 15.8. The number of carbonyl (C=O) groups is 2. The molecule has 1 aliphatic heterocycles. The van der Waals surface area contributed by atoms with Crippen LogP contribution in [0.25, 0.3) is 0 Å². The highest BCUT2D eigenvalue weighted by atomic mass is 35.5. The molecule has 0 radical (unpaired) electrons. The van der Waals surface area contributed by atoms with E-state index in [1.54, 1.807) is 16.7 Å². The maximum atomic E-state index is 11.9. The predicted octanol–water partition coefficient (Wildman–Crippen LogP) is 2.95. The summed E-state index contributed by atoms with van der Waals surface area (Å²) in [5.41, 5.74) is 0. The number of hydrogen-bond acceptors (Lipinski definition) is 3. The summed E-state index contributed by atoms with van der Waals surface area (Å²) in [7, 11) is 0. The van der Waals surface area contributed by atoms with Gasteiger partial charge >= 0.3 is 0 Å². The van der Waals surface area contributed by atoms with Crippen molar-refractivity contribution in [1.29, 1.82) is 0 Å². The summed E-state index contributed by atoms with van der Waals surface area (Å²) in [5.74, 6) is 0.816. The maximum absolute atomic E-state index is 11.9. The molecule has 1 aromatic carbocycles. The lowest BCUT2D eigenvalue weighted by Crippen LogP contribution is -2.41. The maximum Gasteiger partial charge on any atom is 0.239 e. The van der Waals surface area contributed by atoms with Crippen LogP contribution in [-0.4, -0.2) is 42.1 Å². The Hall–Kier alpha value is -1.20. The number of rotatable bonds is 6. The number of halogens is 1. The molecule has 0 unspecified atom stereocenters. The van der Waals surface area contributed by atoms with Gasteiger partial charge in [0.25, 0.3) is 0 Å². The summed E-state index contributed by atoms with van der Waals surface area (Å²) in [6.07, 6.45) is 3.57. The van der Waals surface area contributed by atoms with E-state index in [2.05, 4.69) is 5.32 Å². The lowest BCUT2D eigenvalue weighted by molar-refractivity contribution is -0.135. The summed E-state index contributed by atoms with van der Waals surface area (Å²) in [4.78, 5) is 26.5. The Bertz CT molecular complexity index is 507. The Morgan fingerprint density at radius 1 is 1.23 bits per heavy atom. The Balaban J connectivity index is 1.64. The molecule has 0 saturated carbocycles. The number of likely N-dealkylation sites (tertiary alicyclic amines) is 1. The van der Waals surface area contributed by atoms with Crippen molar-refractivity contribution in [1.82, 2.24) is 10.2 Å². The summed E-state index contributed by atoms with van der Waals surface area (Å²) in [5, 5.41) is 3.59. The van der Waals surface area contributed by atoms with Gasteiger partial charge in [-0.1, -0.05) is 18.0 Å². The van der Waals surface area contributed by atoms with Gasteiger partial charge in [0, 0.05) is 35.2 Å². The molecule has 1 aromatic rings. The topological polar surface area (TPSA) is 49.4 Å². The molecular weight excluding hydrogens is 320 g/mol. The van der Waals surface area contributed by atoms with Crippen LogP contribution in [0.4, 0.5) is 0 Å². The minimum atomic E-state index is -0.0769. The van der Waals surface area contributed by atoms with Crippen LogP contribution in [0.3, 0.4) is 0 Å². The molecule has 0 atom stereocenters. The molecule has 22 heavy (non-hydrogen) atoms. The molecule has 0 aliphatic carbocycles. The number of nitrogens with one attached hydrogen (secondary N) is 1. The predicted molar refractivity (Wildman–Crippen MR) is 90.2 cm³/mol. The second kappa shape index (κ2) is 9.06. The molecule has 0 bridgehead atoms. The summed E-state index contributed by atoms with van der Waals surface area (Å²) in [6, 6.07) is 7.64. The molecule has 1 N–H and O–H groups in total. The smallest absolute Gasteiger partial charge is 0.239 e. The molecule has 1 saturated heterocycles. The Morgan fingerprint density at radius 2 is 2.00 bits per heavy atom. The highest BCUT2D eigenvalue weighted by molar-refractivity contribution is 7.99. The van der Waals surface area contributed by atoms with Crippen molar-refractivity contribution >= 4 is 35.2 Å². The van der Waals surface area contributed by atoms with Gasteiger partial charge < -0.3 is 10.2 Å². The van der Waals surface area contributed by atoms with Crippen molar-refractivity contribution < 1.29 is 9.59 Å². The van der Waals surface area contributed by atoms with Crippen LogP contribution in [0, 0.1) is 0 Å². The monoisotopic (exact) mass is 340 g/mol. The van der Waals surface area contributed by atoms with Crippen molar-refractivity contribution in [2.75, 3.05) is 25.4 Å². The van der Waals surface area contributed by atoms with E-state index in [4.69, 9.17) is 11.6 Å². The molecular formula is C16H21ClN2O2S. The zero-order valence-electron chi connectivity index (χ0n) is 12.5. The van der Waals surface area contributed by atoms with E-state index < -0.39 is 0 Å². The average molecular weight is 341 g/mol. The number of amides is 2. The Kier molecular flexibility index (Phi) is 7.06. The molecule has 4 nitrogen and oxygen atoms in total. The van der Waals surface area contributed by atoms with Gasteiger partial charge in [-0.25, -0.2) is 0 Å². The standard InChI is InChI=1S/C16H21ClN2O2S/c17-13-5-7-14(8-6-13)22-11-9-18-15(20)12-19-10-3-1-2-4-16(19)21/h5-8H,1-4,9-12H2,(H,18,20). The summed E-state index contributed by atoms with van der Waals surface area (Å²) < 4.78 is 0. The van der Waals surface area contributed by atoms with Gasteiger partial charge in [0.2, 0.25) is 11.8 Å². The molecule has 2 rings (SSSR count). The zero-order valence-corrected chi connectivity index (χ0v) is 14.1. The average Bonchev–Trinajstić information content (AvgIpc) is 2.71. The van der Waals surface area contributed by atoms with Crippen LogP contribution in [-0.2, 0) is 9.59 Å². The molecule has 1 fully saturated rings.